The van der Waals surface area contributed by atoms with E-state index in [2.05, 4.69) is 14.7 Å². The van der Waals surface area contributed by atoms with Crippen molar-refractivity contribution >= 4 is 10.0 Å². The van der Waals surface area contributed by atoms with Gasteiger partial charge in [-0.15, -0.1) is 0 Å². The third-order valence-corrected chi connectivity index (χ3v) is 4.68. The van der Waals surface area contributed by atoms with Crippen LogP contribution < -0.4 is 4.72 Å². The second-order valence-electron chi connectivity index (χ2n) is 4.74. The van der Waals surface area contributed by atoms with Crippen LogP contribution in [-0.2, 0) is 23.6 Å². The zero-order valence-electron chi connectivity index (χ0n) is 12.1. The van der Waals surface area contributed by atoms with E-state index in [1.54, 1.807) is 24.9 Å². The molecule has 0 fully saturated rings. The summed E-state index contributed by atoms with van der Waals surface area (Å²) in [5.74, 6) is 0.659. The van der Waals surface area contributed by atoms with Crippen LogP contribution in [0.2, 0.25) is 0 Å². The topological polar surface area (TPSA) is 81.8 Å². The molecule has 0 saturated heterocycles. The van der Waals surface area contributed by atoms with Crippen molar-refractivity contribution in [2.45, 2.75) is 32.3 Å². The first-order valence-corrected chi connectivity index (χ1v) is 7.77. The number of rotatable bonds is 5. The highest BCUT2D eigenvalue weighted by Crippen LogP contribution is 2.08. The zero-order valence-corrected chi connectivity index (χ0v) is 12.9. The van der Waals surface area contributed by atoms with Crippen LogP contribution >= 0.6 is 0 Å². The summed E-state index contributed by atoms with van der Waals surface area (Å²) >= 11 is 0. The van der Waals surface area contributed by atoms with Crippen LogP contribution in [0.3, 0.4) is 0 Å². The second-order valence-corrected chi connectivity index (χ2v) is 6.46. The molecule has 2 aromatic rings. The van der Waals surface area contributed by atoms with E-state index in [1.807, 2.05) is 18.4 Å². The van der Waals surface area contributed by atoms with Crippen LogP contribution in [0, 0.1) is 20.8 Å². The van der Waals surface area contributed by atoms with Crippen LogP contribution in [0.5, 0.6) is 0 Å². The van der Waals surface area contributed by atoms with Gasteiger partial charge in [0.1, 0.15) is 5.82 Å². The molecule has 0 aliphatic carbocycles. The van der Waals surface area contributed by atoms with Crippen molar-refractivity contribution in [3.8, 4) is 0 Å². The second kappa shape index (κ2) is 5.37. The van der Waals surface area contributed by atoms with E-state index in [0.717, 1.165) is 11.4 Å². The largest absolute Gasteiger partial charge is 0.337 e. The Balaban J connectivity index is 2.01. The summed E-state index contributed by atoms with van der Waals surface area (Å²) < 4.78 is 30.3. The minimum Gasteiger partial charge on any atom is -0.337 e. The highest BCUT2D eigenvalue weighted by atomic mass is 32.2. The normalized spacial score (nSPS) is 12.0. The Bertz CT molecular complexity index is 695. The highest BCUT2D eigenvalue weighted by Gasteiger charge is 2.17. The van der Waals surface area contributed by atoms with Gasteiger partial charge in [0.2, 0.25) is 0 Å². The van der Waals surface area contributed by atoms with Gasteiger partial charge in [-0.05, 0) is 20.8 Å². The predicted molar refractivity (Wildman–Crippen MR) is 74.8 cm³/mol. The van der Waals surface area contributed by atoms with Crippen molar-refractivity contribution in [2.75, 3.05) is 6.54 Å². The summed E-state index contributed by atoms with van der Waals surface area (Å²) in [6.07, 6.45) is 3.22. The number of aromatic nitrogens is 4. The number of hydrogen-bond donors (Lipinski definition) is 1. The maximum absolute atomic E-state index is 12.1. The third-order valence-electron chi connectivity index (χ3n) is 3.35. The smallest absolute Gasteiger partial charge is 0.259 e. The van der Waals surface area contributed by atoms with Crippen molar-refractivity contribution in [2.24, 2.45) is 7.05 Å². The molecule has 0 spiro atoms. The Morgan fingerprint density at radius 2 is 2.00 bits per heavy atom. The zero-order chi connectivity index (χ0) is 14.9. The molecule has 0 unspecified atom stereocenters. The minimum atomic E-state index is -3.55. The average molecular weight is 297 g/mol. The molecule has 2 heterocycles. The van der Waals surface area contributed by atoms with E-state index in [1.165, 1.54) is 6.20 Å². The Labute approximate surface area is 118 Å². The Hall–Kier alpha value is -1.67. The standard InChI is InChI=1S/C12H19N5O2S/c1-9-10(2)17(8-13-9)6-5-14-20(18,19)12-7-16(4)11(3)15-12/h7-8,14H,5-6H2,1-4H3. The van der Waals surface area contributed by atoms with Crippen molar-refractivity contribution in [1.29, 1.82) is 0 Å². The van der Waals surface area contributed by atoms with Gasteiger partial charge < -0.3 is 9.13 Å². The molecule has 110 valence electrons. The molecule has 0 aromatic carbocycles. The van der Waals surface area contributed by atoms with E-state index in [4.69, 9.17) is 0 Å². The number of nitrogens with one attached hydrogen (secondary N) is 1. The molecular weight excluding hydrogens is 278 g/mol. The van der Waals surface area contributed by atoms with Crippen LogP contribution in [0.25, 0.3) is 0 Å². The fourth-order valence-electron chi connectivity index (χ4n) is 1.80. The monoisotopic (exact) mass is 297 g/mol. The van der Waals surface area contributed by atoms with Gasteiger partial charge in [0.25, 0.3) is 10.0 Å². The summed E-state index contributed by atoms with van der Waals surface area (Å²) in [6, 6.07) is 0. The maximum atomic E-state index is 12.1. The Morgan fingerprint density at radius 1 is 1.30 bits per heavy atom. The van der Waals surface area contributed by atoms with E-state index in [0.29, 0.717) is 18.9 Å². The molecule has 2 rings (SSSR count). The number of aryl methyl sites for hydroxylation is 3. The molecule has 0 radical (unpaired) electrons. The number of nitrogens with zero attached hydrogens (tertiary/aromatic N) is 4. The Kier molecular flexibility index (Phi) is 3.96. The third kappa shape index (κ3) is 2.91. The van der Waals surface area contributed by atoms with Gasteiger partial charge in [0.05, 0.1) is 12.0 Å². The van der Waals surface area contributed by atoms with Gasteiger partial charge in [-0.3, -0.25) is 0 Å². The lowest BCUT2D eigenvalue weighted by Crippen LogP contribution is -2.27. The predicted octanol–water partition coefficient (Wildman–Crippen LogP) is 0.520. The maximum Gasteiger partial charge on any atom is 0.259 e. The summed E-state index contributed by atoms with van der Waals surface area (Å²) in [4.78, 5) is 8.20. The van der Waals surface area contributed by atoms with Crippen LogP contribution in [0.1, 0.15) is 17.2 Å². The van der Waals surface area contributed by atoms with Crippen molar-refractivity contribution in [1.82, 2.24) is 23.8 Å². The molecule has 7 nitrogen and oxygen atoms in total. The molecule has 0 bridgehead atoms. The molecule has 20 heavy (non-hydrogen) atoms. The summed E-state index contributed by atoms with van der Waals surface area (Å²) in [7, 11) is -1.79. The number of imidazole rings is 2. The van der Waals surface area contributed by atoms with E-state index in [-0.39, 0.29) is 5.03 Å². The minimum absolute atomic E-state index is 0.0519. The van der Waals surface area contributed by atoms with E-state index >= 15 is 0 Å². The summed E-state index contributed by atoms with van der Waals surface area (Å²) in [6.45, 7) is 6.48. The number of sulfonamides is 1. The van der Waals surface area contributed by atoms with E-state index < -0.39 is 10.0 Å². The first kappa shape index (κ1) is 14.7. The molecular formula is C12H19N5O2S. The summed E-state index contributed by atoms with van der Waals surface area (Å²) in [5.41, 5.74) is 1.99. The van der Waals surface area contributed by atoms with Crippen molar-refractivity contribution < 1.29 is 8.42 Å². The van der Waals surface area contributed by atoms with Crippen LogP contribution in [-0.4, -0.2) is 34.1 Å². The van der Waals surface area contributed by atoms with Gasteiger partial charge in [-0.2, -0.15) is 0 Å². The van der Waals surface area contributed by atoms with Gasteiger partial charge in [0, 0.05) is 32.0 Å². The lowest BCUT2D eigenvalue weighted by atomic mass is 10.4. The fraction of sp³-hybridized carbons (Fsp3) is 0.500. The molecule has 0 saturated carbocycles. The quantitative estimate of drug-likeness (QED) is 0.872. The van der Waals surface area contributed by atoms with Gasteiger partial charge in [-0.1, -0.05) is 0 Å². The van der Waals surface area contributed by atoms with Crippen molar-refractivity contribution in [3.63, 3.8) is 0 Å². The van der Waals surface area contributed by atoms with Crippen molar-refractivity contribution in [3.05, 3.63) is 29.7 Å². The highest BCUT2D eigenvalue weighted by molar-refractivity contribution is 7.89. The lowest BCUT2D eigenvalue weighted by Gasteiger charge is -2.07. The average Bonchev–Trinajstić information content (AvgIpc) is 2.87. The van der Waals surface area contributed by atoms with Crippen LogP contribution in [0.15, 0.2) is 17.6 Å². The van der Waals surface area contributed by atoms with Gasteiger partial charge >= 0.3 is 0 Å². The summed E-state index contributed by atoms with van der Waals surface area (Å²) in [5, 5.41) is 0.0519. The number of hydrogen-bond acceptors (Lipinski definition) is 4. The SMILES string of the molecule is Cc1ncn(CCNS(=O)(=O)c2cn(C)c(C)n2)c1C. The lowest BCUT2D eigenvalue weighted by molar-refractivity contribution is 0.568. The molecule has 2 aromatic heterocycles. The van der Waals surface area contributed by atoms with Gasteiger partial charge in [-0.25, -0.2) is 23.1 Å². The van der Waals surface area contributed by atoms with Crippen LogP contribution in [0.4, 0.5) is 0 Å². The molecule has 0 aliphatic rings. The first-order chi connectivity index (χ1) is 9.31. The van der Waals surface area contributed by atoms with Gasteiger partial charge in [0.15, 0.2) is 5.03 Å². The first-order valence-electron chi connectivity index (χ1n) is 6.29. The molecule has 1 N–H and O–H groups in total. The molecule has 8 heteroatoms. The molecule has 0 aliphatic heterocycles. The Morgan fingerprint density at radius 3 is 2.50 bits per heavy atom. The molecule has 0 amide bonds. The van der Waals surface area contributed by atoms with E-state index in [9.17, 15) is 8.42 Å². The fourth-order valence-corrected chi connectivity index (χ4v) is 2.86. The molecule has 0 atom stereocenters.